The topological polar surface area (TPSA) is 63.4 Å². The Hall–Kier alpha value is -2.14. The van der Waals surface area contributed by atoms with Crippen molar-refractivity contribution in [1.29, 1.82) is 0 Å². The Bertz CT molecular complexity index is 672. The summed E-state index contributed by atoms with van der Waals surface area (Å²) in [6.45, 7) is 0.218. The number of nitrogen functional groups attached to an aromatic ring is 1. The molecule has 4 nitrogen and oxygen atoms in total. The van der Waals surface area contributed by atoms with Crippen LogP contribution in [0, 0.1) is 0 Å². The van der Waals surface area contributed by atoms with Crippen LogP contribution in [0.3, 0.4) is 0 Å². The number of rotatable bonds is 2. The maximum absolute atomic E-state index is 12.2. The Balaban J connectivity index is 1.93. The Labute approximate surface area is 124 Å². The first kappa shape index (κ1) is 12.9. The van der Waals surface area contributed by atoms with Crippen LogP contribution in [-0.4, -0.2) is 16.7 Å². The van der Waals surface area contributed by atoms with E-state index in [1.165, 1.54) is 4.90 Å². The summed E-state index contributed by atoms with van der Waals surface area (Å²) in [6, 6.07) is 12.2. The summed E-state index contributed by atoms with van der Waals surface area (Å²) in [5.41, 5.74) is 8.09. The standard InChI is InChI=1S/C15H11BrN2O2/c16-10-5-9(6-11(17)7-10)8-18-14(19)12-3-1-2-4-13(12)15(18)20/h1-7H,8,17H2. The number of hydrogen-bond acceptors (Lipinski definition) is 3. The van der Waals surface area contributed by atoms with Crippen LogP contribution in [0.15, 0.2) is 46.9 Å². The molecule has 1 aliphatic rings. The van der Waals surface area contributed by atoms with E-state index in [2.05, 4.69) is 15.9 Å². The van der Waals surface area contributed by atoms with Crippen LogP contribution >= 0.6 is 15.9 Å². The van der Waals surface area contributed by atoms with Crippen LogP contribution < -0.4 is 5.73 Å². The zero-order valence-electron chi connectivity index (χ0n) is 10.5. The predicted molar refractivity (Wildman–Crippen MR) is 79.2 cm³/mol. The van der Waals surface area contributed by atoms with Crippen molar-refractivity contribution >= 4 is 33.4 Å². The summed E-state index contributed by atoms with van der Waals surface area (Å²) in [5, 5.41) is 0. The minimum Gasteiger partial charge on any atom is -0.399 e. The third-order valence-electron chi connectivity index (χ3n) is 3.20. The first-order valence-electron chi connectivity index (χ1n) is 6.06. The first-order chi connectivity index (χ1) is 9.56. The SMILES string of the molecule is Nc1cc(Br)cc(CN2C(=O)c3ccccc3C2=O)c1. The molecule has 2 amide bonds. The van der Waals surface area contributed by atoms with Crippen LogP contribution in [0.4, 0.5) is 5.69 Å². The van der Waals surface area contributed by atoms with Crippen molar-refractivity contribution in [1.82, 2.24) is 4.90 Å². The lowest BCUT2D eigenvalue weighted by molar-refractivity contribution is 0.0642. The van der Waals surface area contributed by atoms with Crippen LogP contribution in [0.1, 0.15) is 26.3 Å². The Morgan fingerprint density at radius 2 is 1.60 bits per heavy atom. The quantitative estimate of drug-likeness (QED) is 0.680. The molecular weight excluding hydrogens is 320 g/mol. The summed E-state index contributed by atoms with van der Waals surface area (Å²) in [4.78, 5) is 25.7. The molecule has 2 aromatic rings. The first-order valence-corrected chi connectivity index (χ1v) is 6.86. The average Bonchev–Trinajstić information content (AvgIpc) is 2.64. The van der Waals surface area contributed by atoms with Crippen molar-refractivity contribution in [3.05, 3.63) is 63.6 Å². The van der Waals surface area contributed by atoms with Crippen LogP contribution in [0.5, 0.6) is 0 Å². The molecule has 0 bridgehead atoms. The fourth-order valence-electron chi connectivity index (χ4n) is 2.33. The van der Waals surface area contributed by atoms with Crippen molar-refractivity contribution in [2.45, 2.75) is 6.54 Å². The lowest BCUT2D eigenvalue weighted by atomic mass is 10.1. The van der Waals surface area contributed by atoms with Gasteiger partial charge >= 0.3 is 0 Å². The van der Waals surface area contributed by atoms with E-state index in [9.17, 15) is 9.59 Å². The lowest BCUT2D eigenvalue weighted by Crippen LogP contribution is -2.29. The molecule has 100 valence electrons. The molecule has 0 aromatic heterocycles. The van der Waals surface area contributed by atoms with E-state index in [0.717, 1.165) is 10.0 Å². The van der Waals surface area contributed by atoms with E-state index >= 15 is 0 Å². The van der Waals surface area contributed by atoms with Gasteiger partial charge in [-0.05, 0) is 35.9 Å². The Kier molecular flexibility index (Phi) is 3.06. The second kappa shape index (κ2) is 4.76. The van der Waals surface area contributed by atoms with Gasteiger partial charge in [0.15, 0.2) is 0 Å². The number of carbonyl (C=O) groups is 2. The van der Waals surface area contributed by atoms with Gasteiger partial charge in [0.05, 0.1) is 17.7 Å². The van der Waals surface area contributed by atoms with Crippen molar-refractivity contribution < 1.29 is 9.59 Å². The molecule has 0 saturated carbocycles. The Morgan fingerprint density at radius 3 is 2.15 bits per heavy atom. The summed E-state index contributed by atoms with van der Waals surface area (Å²) >= 11 is 3.35. The number of imide groups is 1. The van der Waals surface area contributed by atoms with E-state index in [1.54, 1.807) is 36.4 Å². The zero-order valence-corrected chi connectivity index (χ0v) is 12.1. The zero-order chi connectivity index (χ0) is 14.3. The third kappa shape index (κ3) is 2.10. The fourth-order valence-corrected chi connectivity index (χ4v) is 2.89. The van der Waals surface area contributed by atoms with Gasteiger partial charge in [-0.25, -0.2) is 0 Å². The number of hydrogen-bond donors (Lipinski definition) is 1. The van der Waals surface area contributed by atoms with Gasteiger partial charge in [-0.1, -0.05) is 28.1 Å². The van der Waals surface area contributed by atoms with E-state index in [0.29, 0.717) is 16.8 Å². The molecule has 0 atom stereocenters. The van der Waals surface area contributed by atoms with E-state index in [4.69, 9.17) is 5.73 Å². The molecule has 0 saturated heterocycles. The minimum atomic E-state index is -0.260. The highest BCUT2D eigenvalue weighted by molar-refractivity contribution is 9.10. The maximum Gasteiger partial charge on any atom is 0.261 e. The number of halogens is 1. The highest BCUT2D eigenvalue weighted by Crippen LogP contribution is 2.25. The van der Waals surface area contributed by atoms with E-state index in [1.807, 2.05) is 6.07 Å². The lowest BCUT2D eigenvalue weighted by Gasteiger charge is -2.14. The number of nitrogens with zero attached hydrogens (tertiary/aromatic N) is 1. The highest BCUT2D eigenvalue weighted by atomic mass is 79.9. The fraction of sp³-hybridized carbons (Fsp3) is 0.0667. The highest BCUT2D eigenvalue weighted by Gasteiger charge is 2.34. The van der Waals surface area contributed by atoms with Gasteiger partial charge in [0.1, 0.15) is 0 Å². The van der Waals surface area contributed by atoms with E-state index in [-0.39, 0.29) is 18.4 Å². The molecule has 0 spiro atoms. The van der Waals surface area contributed by atoms with Crippen molar-refractivity contribution in [2.75, 3.05) is 5.73 Å². The maximum atomic E-state index is 12.2. The number of nitrogens with two attached hydrogens (primary N) is 1. The Morgan fingerprint density at radius 1 is 1.00 bits per heavy atom. The number of amides is 2. The van der Waals surface area contributed by atoms with Gasteiger partial charge in [-0.15, -0.1) is 0 Å². The predicted octanol–water partition coefficient (Wildman–Crippen LogP) is 2.83. The molecule has 3 rings (SSSR count). The molecule has 0 fully saturated rings. The second-order valence-corrected chi connectivity index (χ2v) is 5.55. The van der Waals surface area contributed by atoms with Gasteiger partial charge in [0, 0.05) is 10.2 Å². The number of carbonyl (C=O) groups excluding carboxylic acids is 2. The van der Waals surface area contributed by atoms with Gasteiger partial charge in [0.2, 0.25) is 0 Å². The van der Waals surface area contributed by atoms with Gasteiger partial charge in [-0.3, -0.25) is 14.5 Å². The molecule has 1 aliphatic heterocycles. The number of anilines is 1. The second-order valence-electron chi connectivity index (χ2n) is 4.63. The number of fused-ring (bicyclic) bond motifs is 1. The van der Waals surface area contributed by atoms with Crippen molar-refractivity contribution in [3.63, 3.8) is 0 Å². The third-order valence-corrected chi connectivity index (χ3v) is 3.66. The van der Waals surface area contributed by atoms with Crippen LogP contribution in [0.25, 0.3) is 0 Å². The molecule has 0 unspecified atom stereocenters. The number of benzene rings is 2. The molecule has 1 heterocycles. The summed E-state index contributed by atoms with van der Waals surface area (Å²) < 4.78 is 0.823. The van der Waals surface area contributed by atoms with Crippen LogP contribution in [-0.2, 0) is 6.54 Å². The molecule has 2 N–H and O–H groups in total. The van der Waals surface area contributed by atoms with E-state index < -0.39 is 0 Å². The van der Waals surface area contributed by atoms with Crippen LogP contribution in [0.2, 0.25) is 0 Å². The largest absolute Gasteiger partial charge is 0.399 e. The molecule has 0 aliphatic carbocycles. The minimum absolute atomic E-state index is 0.218. The molecular formula is C15H11BrN2O2. The normalized spacial score (nSPS) is 13.8. The summed E-state index contributed by atoms with van der Waals surface area (Å²) in [6.07, 6.45) is 0. The van der Waals surface area contributed by atoms with Gasteiger partial charge in [-0.2, -0.15) is 0 Å². The molecule has 20 heavy (non-hydrogen) atoms. The molecule has 5 heteroatoms. The molecule has 0 radical (unpaired) electrons. The smallest absolute Gasteiger partial charge is 0.261 e. The van der Waals surface area contributed by atoms with Gasteiger partial charge < -0.3 is 5.73 Å². The average molecular weight is 331 g/mol. The summed E-state index contributed by atoms with van der Waals surface area (Å²) in [7, 11) is 0. The monoisotopic (exact) mass is 330 g/mol. The molecule has 2 aromatic carbocycles. The van der Waals surface area contributed by atoms with Gasteiger partial charge in [0.25, 0.3) is 11.8 Å². The summed E-state index contributed by atoms with van der Waals surface area (Å²) in [5.74, 6) is -0.520. The van der Waals surface area contributed by atoms with Crippen molar-refractivity contribution in [2.24, 2.45) is 0 Å². The van der Waals surface area contributed by atoms with Crippen molar-refractivity contribution in [3.8, 4) is 0 Å².